The average molecular weight is 314 g/mol. The monoisotopic (exact) mass is 314 g/mol. The van der Waals surface area contributed by atoms with Crippen molar-refractivity contribution in [2.45, 2.75) is 40.0 Å². The molecular formula is C19H26N2O2. The van der Waals surface area contributed by atoms with Crippen molar-refractivity contribution in [2.24, 2.45) is 11.8 Å². The standard InChI is InChI=1S/C19H26N2O2/c1-14-6-9-21(10-7-14)19(22)17(13-20)8-11-23-18-5-4-15(2)12-16(18)3/h4-5,12,14,17H,6-11H2,1-3H3. The van der Waals surface area contributed by atoms with Crippen LogP contribution in [0.5, 0.6) is 5.75 Å². The van der Waals surface area contributed by atoms with Crippen molar-refractivity contribution in [3.63, 3.8) is 0 Å². The molecule has 1 aliphatic rings. The van der Waals surface area contributed by atoms with Crippen molar-refractivity contribution >= 4 is 5.91 Å². The highest BCUT2D eigenvalue weighted by Crippen LogP contribution is 2.21. The molecule has 0 aromatic heterocycles. The van der Waals surface area contributed by atoms with Gasteiger partial charge in [-0.2, -0.15) is 5.26 Å². The van der Waals surface area contributed by atoms with Crippen molar-refractivity contribution in [1.82, 2.24) is 4.90 Å². The second kappa shape index (κ2) is 8.01. The zero-order valence-electron chi connectivity index (χ0n) is 14.3. The molecule has 0 aliphatic carbocycles. The highest BCUT2D eigenvalue weighted by molar-refractivity contribution is 5.81. The molecule has 1 aliphatic heterocycles. The lowest BCUT2D eigenvalue weighted by molar-refractivity contribution is -0.135. The van der Waals surface area contributed by atoms with Gasteiger partial charge in [0.25, 0.3) is 0 Å². The minimum absolute atomic E-state index is 0.0383. The Kier molecular flexibility index (Phi) is 6.04. The minimum atomic E-state index is -0.603. The second-order valence-corrected chi connectivity index (χ2v) is 6.60. The number of ether oxygens (including phenoxy) is 1. The van der Waals surface area contributed by atoms with E-state index in [9.17, 15) is 10.1 Å². The maximum Gasteiger partial charge on any atom is 0.240 e. The van der Waals surface area contributed by atoms with Gasteiger partial charge in [0.2, 0.25) is 5.91 Å². The topological polar surface area (TPSA) is 53.3 Å². The quantitative estimate of drug-likeness (QED) is 0.836. The highest BCUT2D eigenvalue weighted by Gasteiger charge is 2.27. The summed E-state index contributed by atoms with van der Waals surface area (Å²) < 4.78 is 5.76. The summed E-state index contributed by atoms with van der Waals surface area (Å²) in [4.78, 5) is 14.3. The van der Waals surface area contributed by atoms with Gasteiger partial charge in [-0.1, -0.05) is 24.6 Å². The van der Waals surface area contributed by atoms with Crippen molar-refractivity contribution in [1.29, 1.82) is 5.26 Å². The molecule has 1 aromatic rings. The number of likely N-dealkylation sites (tertiary alicyclic amines) is 1. The van der Waals surface area contributed by atoms with Gasteiger partial charge in [-0.15, -0.1) is 0 Å². The smallest absolute Gasteiger partial charge is 0.240 e. The molecule has 0 bridgehead atoms. The van der Waals surface area contributed by atoms with E-state index in [4.69, 9.17) is 4.74 Å². The van der Waals surface area contributed by atoms with Crippen LogP contribution in [0, 0.1) is 37.0 Å². The van der Waals surface area contributed by atoms with Gasteiger partial charge in [0.15, 0.2) is 0 Å². The van der Waals surface area contributed by atoms with Gasteiger partial charge < -0.3 is 9.64 Å². The van der Waals surface area contributed by atoms with E-state index in [1.54, 1.807) is 0 Å². The number of hydrogen-bond donors (Lipinski definition) is 0. The molecule has 0 spiro atoms. The largest absolute Gasteiger partial charge is 0.493 e. The van der Waals surface area contributed by atoms with Crippen LogP contribution >= 0.6 is 0 Å². The molecule has 1 saturated heterocycles. The summed E-state index contributed by atoms with van der Waals surface area (Å²) in [6.07, 6.45) is 2.50. The van der Waals surface area contributed by atoms with Crippen LogP contribution < -0.4 is 4.74 Å². The summed E-state index contributed by atoms with van der Waals surface area (Å²) in [7, 11) is 0. The first-order chi connectivity index (χ1) is 11.0. The van der Waals surface area contributed by atoms with E-state index in [-0.39, 0.29) is 5.91 Å². The summed E-state index contributed by atoms with van der Waals surface area (Å²) in [5, 5.41) is 9.31. The molecule has 0 radical (unpaired) electrons. The lowest BCUT2D eigenvalue weighted by Gasteiger charge is -2.31. The molecule has 4 nitrogen and oxygen atoms in total. The molecule has 124 valence electrons. The molecule has 1 atom stereocenters. The summed E-state index contributed by atoms with van der Waals surface area (Å²) in [5.41, 5.74) is 2.27. The fourth-order valence-corrected chi connectivity index (χ4v) is 2.94. The van der Waals surface area contributed by atoms with Crippen molar-refractivity contribution < 1.29 is 9.53 Å². The number of hydrogen-bond acceptors (Lipinski definition) is 3. The first kappa shape index (κ1) is 17.3. The third-order valence-electron chi connectivity index (χ3n) is 4.54. The summed E-state index contributed by atoms with van der Waals surface area (Å²) in [6.45, 7) is 8.19. The van der Waals surface area contributed by atoms with Gasteiger partial charge >= 0.3 is 0 Å². The predicted octanol–water partition coefficient (Wildman–Crippen LogP) is 3.47. The lowest BCUT2D eigenvalue weighted by atomic mass is 9.97. The number of carbonyl (C=O) groups is 1. The lowest BCUT2D eigenvalue weighted by Crippen LogP contribution is -2.41. The van der Waals surface area contributed by atoms with Crippen molar-refractivity contribution in [2.75, 3.05) is 19.7 Å². The number of amides is 1. The van der Waals surface area contributed by atoms with Crippen LogP contribution in [0.1, 0.15) is 37.3 Å². The number of aryl methyl sites for hydroxylation is 2. The van der Waals surface area contributed by atoms with E-state index in [0.29, 0.717) is 18.9 Å². The first-order valence-electron chi connectivity index (χ1n) is 8.39. The minimum Gasteiger partial charge on any atom is -0.493 e. The van der Waals surface area contributed by atoms with Crippen LogP contribution in [-0.4, -0.2) is 30.5 Å². The number of rotatable bonds is 5. The van der Waals surface area contributed by atoms with Crippen molar-refractivity contribution in [3.05, 3.63) is 29.3 Å². The van der Waals surface area contributed by atoms with E-state index >= 15 is 0 Å². The Morgan fingerprint density at radius 3 is 2.70 bits per heavy atom. The zero-order chi connectivity index (χ0) is 16.8. The second-order valence-electron chi connectivity index (χ2n) is 6.60. The number of benzene rings is 1. The Morgan fingerprint density at radius 2 is 2.09 bits per heavy atom. The predicted molar refractivity (Wildman–Crippen MR) is 90.1 cm³/mol. The summed E-state index contributed by atoms with van der Waals surface area (Å²) in [5.74, 6) is 0.858. The molecular weight excluding hydrogens is 288 g/mol. The first-order valence-corrected chi connectivity index (χ1v) is 8.39. The SMILES string of the molecule is Cc1ccc(OCCC(C#N)C(=O)N2CCC(C)CC2)c(C)c1. The normalized spacial score (nSPS) is 16.7. The molecule has 0 N–H and O–H groups in total. The van der Waals surface area contributed by atoms with Gasteiger partial charge in [-0.25, -0.2) is 0 Å². The maximum absolute atomic E-state index is 12.4. The van der Waals surface area contributed by atoms with Gasteiger partial charge in [-0.3, -0.25) is 4.79 Å². The van der Waals surface area contributed by atoms with Gasteiger partial charge in [-0.05, 0) is 44.2 Å². The molecule has 1 amide bonds. The number of nitriles is 1. The molecule has 1 heterocycles. The maximum atomic E-state index is 12.4. The van der Waals surface area contributed by atoms with Crippen LogP contribution in [-0.2, 0) is 4.79 Å². The Bertz CT molecular complexity index is 584. The fourth-order valence-electron chi connectivity index (χ4n) is 2.94. The number of carbonyl (C=O) groups excluding carboxylic acids is 1. The van der Waals surface area contributed by atoms with E-state index in [2.05, 4.69) is 19.1 Å². The Balaban J connectivity index is 1.85. The Hall–Kier alpha value is -2.02. The molecule has 23 heavy (non-hydrogen) atoms. The summed E-state index contributed by atoms with van der Waals surface area (Å²) in [6, 6.07) is 8.16. The van der Waals surface area contributed by atoms with E-state index < -0.39 is 5.92 Å². The van der Waals surface area contributed by atoms with Gasteiger partial charge in [0.05, 0.1) is 12.7 Å². The van der Waals surface area contributed by atoms with Crippen LogP contribution in [0.3, 0.4) is 0 Å². The Labute approximate surface area is 139 Å². The number of nitrogens with zero attached hydrogens (tertiary/aromatic N) is 2. The van der Waals surface area contributed by atoms with Crippen molar-refractivity contribution in [3.8, 4) is 11.8 Å². The van der Waals surface area contributed by atoms with Crippen LogP contribution in [0.4, 0.5) is 0 Å². The van der Waals surface area contributed by atoms with Gasteiger partial charge in [0.1, 0.15) is 11.7 Å². The fraction of sp³-hybridized carbons (Fsp3) is 0.579. The van der Waals surface area contributed by atoms with Gasteiger partial charge in [0, 0.05) is 19.5 Å². The molecule has 0 saturated carbocycles. The number of piperidine rings is 1. The zero-order valence-corrected chi connectivity index (χ0v) is 14.3. The van der Waals surface area contributed by atoms with E-state index in [0.717, 1.165) is 37.2 Å². The molecule has 2 rings (SSSR count). The highest BCUT2D eigenvalue weighted by atomic mass is 16.5. The molecule has 1 aromatic carbocycles. The van der Waals surface area contributed by atoms with E-state index in [1.807, 2.05) is 30.9 Å². The Morgan fingerprint density at radius 1 is 1.39 bits per heavy atom. The third-order valence-corrected chi connectivity index (χ3v) is 4.54. The molecule has 4 heteroatoms. The summed E-state index contributed by atoms with van der Waals surface area (Å²) >= 11 is 0. The molecule has 1 unspecified atom stereocenters. The van der Waals surface area contributed by atoms with Crippen LogP contribution in [0.15, 0.2) is 18.2 Å². The van der Waals surface area contributed by atoms with Crippen LogP contribution in [0.2, 0.25) is 0 Å². The average Bonchev–Trinajstić information content (AvgIpc) is 2.53. The van der Waals surface area contributed by atoms with Crippen LogP contribution in [0.25, 0.3) is 0 Å². The molecule has 1 fully saturated rings. The third kappa shape index (κ3) is 4.72. The van der Waals surface area contributed by atoms with E-state index in [1.165, 1.54) is 5.56 Å².